The van der Waals surface area contributed by atoms with Gasteiger partial charge in [0.15, 0.2) is 0 Å². The second-order valence-electron chi connectivity index (χ2n) is 4.65. The zero-order chi connectivity index (χ0) is 12.8. The standard InChI is InChI=1S/C11H20N2O3S/c1-8(2)3-9(5-14)12-10(15)4-13-7-17-6-11(13)16/h8-9,14H,3-7H2,1-2H3,(H,12,15). The van der Waals surface area contributed by atoms with Crippen LogP contribution in [0.3, 0.4) is 0 Å². The topological polar surface area (TPSA) is 69.6 Å². The fourth-order valence-corrected chi connectivity index (χ4v) is 2.64. The van der Waals surface area contributed by atoms with Crippen LogP contribution in [-0.2, 0) is 9.59 Å². The smallest absolute Gasteiger partial charge is 0.239 e. The fraction of sp³-hybridized carbons (Fsp3) is 0.818. The number of aliphatic hydroxyl groups is 1. The second kappa shape index (κ2) is 6.86. The van der Waals surface area contributed by atoms with Gasteiger partial charge >= 0.3 is 0 Å². The average molecular weight is 260 g/mol. The molecule has 98 valence electrons. The molecule has 1 saturated heterocycles. The summed E-state index contributed by atoms with van der Waals surface area (Å²) in [5.41, 5.74) is 0. The van der Waals surface area contributed by atoms with Crippen LogP contribution in [0.15, 0.2) is 0 Å². The van der Waals surface area contributed by atoms with Crippen LogP contribution in [0.1, 0.15) is 20.3 Å². The van der Waals surface area contributed by atoms with Crippen LogP contribution in [0.4, 0.5) is 0 Å². The molecule has 1 fully saturated rings. The van der Waals surface area contributed by atoms with E-state index < -0.39 is 0 Å². The third-order valence-corrected chi connectivity index (χ3v) is 3.45. The van der Waals surface area contributed by atoms with E-state index in [1.54, 1.807) is 0 Å². The molecule has 17 heavy (non-hydrogen) atoms. The first-order valence-corrected chi connectivity index (χ1v) is 6.94. The summed E-state index contributed by atoms with van der Waals surface area (Å²) in [6.45, 7) is 4.11. The number of hydrogen-bond donors (Lipinski definition) is 2. The van der Waals surface area contributed by atoms with Gasteiger partial charge in [0.05, 0.1) is 24.3 Å². The van der Waals surface area contributed by atoms with Gasteiger partial charge in [-0.2, -0.15) is 0 Å². The van der Waals surface area contributed by atoms with E-state index in [1.807, 2.05) is 13.8 Å². The summed E-state index contributed by atoms with van der Waals surface area (Å²) in [4.78, 5) is 24.5. The van der Waals surface area contributed by atoms with Gasteiger partial charge in [0.25, 0.3) is 0 Å². The maximum atomic E-state index is 11.7. The number of nitrogens with zero attached hydrogens (tertiary/aromatic N) is 1. The molecule has 0 saturated carbocycles. The maximum absolute atomic E-state index is 11.7. The Labute approximate surface area is 106 Å². The van der Waals surface area contributed by atoms with Crippen molar-refractivity contribution in [1.82, 2.24) is 10.2 Å². The Bertz CT molecular complexity index is 284. The Hall–Kier alpha value is -0.750. The number of carbonyl (C=O) groups is 2. The zero-order valence-corrected chi connectivity index (χ0v) is 11.1. The quantitative estimate of drug-likeness (QED) is 0.707. The number of hydrogen-bond acceptors (Lipinski definition) is 4. The molecule has 2 N–H and O–H groups in total. The molecule has 2 amide bonds. The van der Waals surface area contributed by atoms with E-state index in [9.17, 15) is 9.59 Å². The minimum absolute atomic E-state index is 0.00885. The predicted molar refractivity (Wildman–Crippen MR) is 67.5 cm³/mol. The van der Waals surface area contributed by atoms with Crippen molar-refractivity contribution in [2.24, 2.45) is 5.92 Å². The molecule has 1 aliphatic heterocycles. The van der Waals surface area contributed by atoms with Crippen LogP contribution in [0, 0.1) is 5.92 Å². The minimum Gasteiger partial charge on any atom is -0.394 e. The van der Waals surface area contributed by atoms with Crippen LogP contribution in [0.5, 0.6) is 0 Å². The predicted octanol–water partition coefficient (Wildman–Crippen LogP) is 0.0425. The van der Waals surface area contributed by atoms with Crippen molar-refractivity contribution in [3.8, 4) is 0 Å². The summed E-state index contributed by atoms with van der Waals surface area (Å²) in [5, 5.41) is 11.9. The summed E-state index contributed by atoms with van der Waals surface area (Å²) >= 11 is 1.51. The molecule has 0 aromatic rings. The third kappa shape index (κ3) is 4.95. The third-order valence-electron chi connectivity index (χ3n) is 2.50. The lowest BCUT2D eigenvalue weighted by atomic mass is 10.0. The Morgan fingerprint density at radius 1 is 1.59 bits per heavy atom. The van der Waals surface area contributed by atoms with Gasteiger partial charge in [0.2, 0.25) is 11.8 Å². The molecule has 5 nitrogen and oxygen atoms in total. The zero-order valence-electron chi connectivity index (χ0n) is 10.3. The molecule has 0 aromatic heterocycles. The van der Waals surface area contributed by atoms with Crippen LogP contribution in [-0.4, -0.2) is 52.6 Å². The fourth-order valence-electron chi connectivity index (χ4n) is 1.74. The normalized spacial score (nSPS) is 17.6. The molecule has 1 heterocycles. The van der Waals surface area contributed by atoms with Gasteiger partial charge in [-0.3, -0.25) is 9.59 Å². The minimum atomic E-state index is -0.215. The molecule has 0 spiro atoms. The Morgan fingerprint density at radius 2 is 2.29 bits per heavy atom. The largest absolute Gasteiger partial charge is 0.394 e. The first kappa shape index (κ1) is 14.3. The van der Waals surface area contributed by atoms with Gasteiger partial charge < -0.3 is 15.3 Å². The van der Waals surface area contributed by atoms with E-state index in [1.165, 1.54) is 16.7 Å². The second-order valence-corrected chi connectivity index (χ2v) is 5.60. The molecular formula is C11H20N2O3S. The van der Waals surface area contributed by atoms with Gasteiger partial charge in [-0.05, 0) is 12.3 Å². The van der Waals surface area contributed by atoms with E-state index in [0.717, 1.165) is 6.42 Å². The van der Waals surface area contributed by atoms with Crippen molar-refractivity contribution in [1.29, 1.82) is 0 Å². The highest BCUT2D eigenvalue weighted by Crippen LogP contribution is 2.14. The summed E-state index contributed by atoms with van der Waals surface area (Å²) in [6, 6.07) is -0.215. The molecular weight excluding hydrogens is 240 g/mol. The molecule has 1 aliphatic rings. The van der Waals surface area contributed by atoms with Gasteiger partial charge in [-0.25, -0.2) is 0 Å². The van der Waals surface area contributed by atoms with Crippen molar-refractivity contribution in [3.63, 3.8) is 0 Å². The summed E-state index contributed by atoms with van der Waals surface area (Å²) in [6.07, 6.45) is 0.741. The highest BCUT2D eigenvalue weighted by molar-refractivity contribution is 8.00. The van der Waals surface area contributed by atoms with Crippen LogP contribution in [0.2, 0.25) is 0 Å². The molecule has 6 heteroatoms. The SMILES string of the molecule is CC(C)CC(CO)NC(=O)CN1CSCC1=O. The lowest BCUT2D eigenvalue weighted by molar-refractivity contribution is -0.132. The van der Waals surface area contributed by atoms with Gasteiger partial charge in [0, 0.05) is 0 Å². The summed E-state index contributed by atoms with van der Waals surface area (Å²) < 4.78 is 0. The van der Waals surface area contributed by atoms with Crippen molar-refractivity contribution < 1.29 is 14.7 Å². The van der Waals surface area contributed by atoms with E-state index in [2.05, 4.69) is 5.32 Å². The monoisotopic (exact) mass is 260 g/mol. The van der Waals surface area contributed by atoms with Gasteiger partial charge in [-0.1, -0.05) is 13.8 Å². The van der Waals surface area contributed by atoms with E-state index in [-0.39, 0.29) is 31.0 Å². The van der Waals surface area contributed by atoms with E-state index >= 15 is 0 Å². The Balaban J connectivity index is 2.34. The highest BCUT2D eigenvalue weighted by atomic mass is 32.2. The molecule has 1 atom stereocenters. The Morgan fingerprint density at radius 3 is 2.76 bits per heavy atom. The van der Waals surface area contributed by atoms with Crippen molar-refractivity contribution in [2.75, 3.05) is 24.8 Å². The maximum Gasteiger partial charge on any atom is 0.239 e. The molecule has 0 aliphatic carbocycles. The van der Waals surface area contributed by atoms with Crippen LogP contribution >= 0.6 is 11.8 Å². The summed E-state index contributed by atoms with van der Waals surface area (Å²) in [7, 11) is 0. The summed E-state index contributed by atoms with van der Waals surface area (Å²) in [5.74, 6) is 1.27. The molecule has 1 rings (SSSR count). The average Bonchev–Trinajstić information content (AvgIpc) is 2.62. The number of aliphatic hydroxyl groups excluding tert-OH is 1. The lowest BCUT2D eigenvalue weighted by Crippen LogP contribution is -2.44. The first-order chi connectivity index (χ1) is 8.02. The van der Waals surface area contributed by atoms with Gasteiger partial charge in [-0.15, -0.1) is 11.8 Å². The number of thioether (sulfide) groups is 1. The number of rotatable bonds is 6. The van der Waals surface area contributed by atoms with Crippen LogP contribution < -0.4 is 5.32 Å². The number of nitrogens with one attached hydrogen (secondary N) is 1. The number of amides is 2. The van der Waals surface area contributed by atoms with Crippen molar-refractivity contribution >= 4 is 23.6 Å². The number of carbonyl (C=O) groups excluding carboxylic acids is 2. The van der Waals surface area contributed by atoms with Crippen LogP contribution in [0.25, 0.3) is 0 Å². The van der Waals surface area contributed by atoms with E-state index in [0.29, 0.717) is 17.5 Å². The van der Waals surface area contributed by atoms with Crippen molar-refractivity contribution in [2.45, 2.75) is 26.3 Å². The Kier molecular flexibility index (Phi) is 5.77. The highest BCUT2D eigenvalue weighted by Gasteiger charge is 2.23. The molecule has 0 bridgehead atoms. The lowest BCUT2D eigenvalue weighted by Gasteiger charge is -2.20. The molecule has 0 radical (unpaired) electrons. The molecule has 1 unspecified atom stereocenters. The van der Waals surface area contributed by atoms with E-state index in [4.69, 9.17) is 5.11 Å². The first-order valence-electron chi connectivity index (χ1n) is 5.78. The van der Waals surface area contributed by atoms with Crippen molar-refractivity contribution in [3.05, 3.63) is 0 Å². The molecule has 0 aromatic carbocycles. The van der Waals surface area contributed by atoms with Gasteiger partial charge in [0.1, 0.15) is 6.54 Å².